The maximum absolute atomic E-state index is 12.6. The van der Waals surface area contributed by atoms with E-state index in [1.807, 2.05) is 0 Å². The number of pyridine rings is 1. The highest BCUT2D eigenvalue weighted by Crippen LogP contribution is 2.31. The summed E-state index contributed by atoms with van der Waals surface area (Å²) in [6.45, 7) is 2.22. The number of carbonyl (C=O) groups excluding carboxylic acids is 1. The van der Waals surface area contributed by atoms with Crippen molar-refractivity contribution < 1.29 is 14.3 Å². The Balaban J connectivity index is 1.81. The van der Waals surface area contributed by atoms with Crippen LogP contribution in [0.25, 0.3) is 0 Å². The van der Waals surface area contributed by atoms with E-state index in [0.29, 0.717) is 36.9 Å². The molecule has 2 aliphatic heterocycles. The van der Waals surface area contributed by atoms with Crippen LogP contribution >= 0.6 is 23.2 Å². The third-order valence-electron chi connectivity index (χ3n) is 3.57. The lowest BCUT2D eigenvalue weighted by Gasteiger charge is -2.38. The van der Waals surface area contributed by atoms with E-state index in [0.717, 1.165) is 12.8 Å². The number of hydrogen-bond acceptors (Lipinski definition) is 4. The molecule has 20 heavy (non-hydrogen) atoms. The lowest BCUT2D eigenvalue weighted by atomic mass is 10.0. The first-order chi connectivity index (χ1) is 9.60. The van der Waals surface area contributed by atoms with Crippen molar-refractivity contribution in [3.63, 3.8) is 0 Å². The van der Waals surface area contributed by atoms with Crippen LogP contribution in [-0.2, 0) is 9.47 Å². The smallest absolute Gasteiger partial charge is 0.255 e. The van der Waals surface area contributed by atoms with Gasteiger partial charge in [0.1, 0.15) is 5.15 Å². The monoisotopic (exact) mass is 316 g/mol. The molecule has 2 fully saturated rings. The number of likely N-dealkylation sites (tertiary alicyclic amines) is 1. The van der Waals surface area contributed by atoms with Crippen LogP contribution in [0.3, 0.4) is 0 Å². The minimum atomic E-state index is -0.642. The van der Waals surface area contributed by atoms with Gasteiger partial charge in [0.2, 0.25) is 0 Å². The summed E-state index contributed by atoms with van der Waals surface area (Å²) in [5.74, 6) is -0.811. The van der Waals surface area contributed by atoms with E-state index in [1.54, 1.807) is 4.90 Å². The van der Waals surface area contributed by atoms with Crippen LogP contribution in [0.4, 0.5) is 0 Å². The Morgan fingerprint density at radius 3 is 2.85 bits per heavy atom. The van der Waals surface area contributed by atoms with Gasteiger partial charge in [-0.15, -0.1) is 0 Å². The third-order valence-corrected chi connectivity index (χ3v) is 4.08. The molecule has 108 valence electrons. The second-order valence-corrected chi connectivity index (χ2v) is 5.72. The second-order valence-electron chi connectivity index (χ2n) is 4.92. The fourth-order valence-corrected chi connectivity index (χ4v) is 2.98. The first-order valence-electron chi connectivity index (χ1n) is 6.48. The van der Waals surface area contributed by atoms with Crippen LogP contribution in [0.2, 0.25) is 10.2 Å². The molecule has 1 aromatic heterocycles. The number of ether oxygens (including phenoxy) is 2. The van der Waals surface area contributed by atoms with E-state index in [9.17, 15) is 4.79 Å². The lowest BCUT2D eigenvalue weighted by Crippen LogP contribution is -2.51. The molecule has 3 rings (SSSR count). The predicted molar refractivity (Wildman–Crippen MR) is 74.0 cm³/mol. The molecule has 5 nitrogen and oxygen atoms in total. The number of amides is 1. The first-order valence-corrected chi connectivity index (χ1v) is 7.23. The first kappa shape index (κ1) is 14.1. The average Bonchev–Trinajstić information content (AvgIpc) is 2.88. The minimum Gasteiger partial charge on any atom is -0.346 e. The number of carbonyl (C=O) groups is 1. The largest absolute Gasteiger partial charge is 0.346 e. The minimum absolute atomic E-state index is 0.169. The molecule has 1 aromatic rings. The molecule has 2 saturated heterocycles. The number of piperidine rings is 1. The molecule has 3 heterocycles. The van der Waals surface area contributed by atoms with Gasteiger partial charge in [0.05, 0.1) is 30.3 Å². The molecule has 1 spiro atoms. The van der Waals surface area contributed by atoms with Gasteiger partial charge >= 0.3 is 0 Å². The SMILES string of the molecule is O=C(c1cc(Cl)ncc1Cl)N1CCCC2(C1)OCCO2. The number of halogens is 2. The quantitative estimate of drug-likeness (QED) is 0.746. The maximum Gasteiger partial charge on any atom is 0.255 e. The number of hydrogen-bond donors (Lipinski definition) is 0. The van der Waals surface area contributed by atoms with Crippen molar-refractivity contribution >= 4 is 29.1 Å². The van der Waals surface area contributed by atoms with Gasteiger partial charge in [0, 0.05) is 19.2 Å². The Kier molecular flexibility index (Phi) is 3.86. The second kappa shape index (κ2) is 5.48. The van der Waals surface area contributed by atoms with Crippen molar-refractivity contribution in [1.29, 1.82) is 0 Å². The molecule has 0 bridgehead atoms. The maximum atomic E-state index is 12.6. The topological polar surface area (TPSA) is 51.7 Å². The summed E-state index contributed by atoms with van der Waals surface area (Å²) in [4.78, 5) is 18.1. The van der Waals surface area contributed by atoms with Crippen LogP contribution in [0.5, 0.6) is 0 Å². The van der Waals surface area contributed by atoms with E-state index in [1.165, 1.54) is 12.3 Å². The van der Waals surface area contributed by atoms with E-state index in [2.05, 4.69) is 4.98 Å². The Morgan fingerprint density at radius 1 is 1.35 bits per heavy atom. The molecular weight excluding hydrogens is 303 g/mol. The summed E-state index contributed by atoms with van der Waals surface area (Å²) in [6.07, 6.45) is 3.03. The van der Waals surface area contributed by atoms with E-state index >= 15 is 0 Å². The average molecular weight is 317 g/mol. The zero-order chi connectivity index (χ0) is 14.2. The molecule has 0 N–H and O–H groups in total. The van der Waals surface area contributed by atoms with Crippen LogP contribution in [0, 0.1) is 0 Å². The van der Waals surface area contributed by atoms with Gasteiger partial charge in [0.15, 0.2) is 5.79 Å². The van der Waals surface area contributed by atoms with Crippen molar-refractivity contribution in [3.05, 3.63) is 28.0 Å². The van der Waals surface area contributed by atoms with Crippen LogP contribution in [0.1, 0.15) is 23.2 Å². The molecule has 0 unspecified atom stereocenters. The van der Waals surface area contributed by atoms with E-state index in [4.69, 9.17) is 32.7 Å². The Hall–Kier alpha value is -0.880. The third kappa shape index (κ3) is 2.63. The Morgan fingerprint density at radius 2 is 2.10 bits per heavy atom. The summed E-state index contributed by atoms with van der Waals surface area (Å²) >= 11 is 11.9. The van der Waals surface area contributed by atoms with Crippen molar-refractivity contribution in [2.45, 2.75) is 18.6 Å². The Bertz CT molecular complexity index is 532. The van der Waals surface area contributed by atoms with Crippen LogP contribution in [-0.4, -0.2) is 47.9 Å². The van der Waals surface area contributed by atoms with Gasteiger partial charge in [-0.05, 0) is 12.5 Å². The molecule has 0 aromatic carbocycles. The van der Waals surface area contributed by atoms with Crippen LogP contribution < -0.4 is 0 Å². The van der Waals surface area contributed by atoms with E-state index < -0.39 is 5.79 Å². The lowest BCUT2D eigenvalue weighted by molar-refractivity contribution is -0.183. The standard InChI is InChI=1S/C13H14Cl2N2O3/c14-10-7-16-11(15)6-9(10)12(18)17-3-1-2-13(8-17)19-4-5-20-13/h6-7H,1-5,8H2. The zero-order valence-electron chi connectivity index (χ0n) is 10.8. The summed E-state index contributed by atoms with van der Waals surface area (Å²) in [5.41, 5.74) is 0.363. The Labute approximate surface area is 126 Å². The highest BCUT2D eigenvalue weighted by molar-refractivity contribution is 6.35. The molecule has 0 saturated carbocycles. The highest BCUT2D eigenvalue weighted by atomic mass is 35.5. The number of rotatable bonds is 1. The molecular formula is C13H14Cl2N2O3. The van der Waals surface area contributed by atoms with Crippen molar-refractivity contribution in [1.82, 2.24) is 9.88 Å². The number of aromatic nitrogens is 1. The van der Waals surface area contributed by atoms with Gasteiger partial charge in [-0.1, -0.05) is 23.2 Å². The summed E-state index contributed by atoms with van der Waals surface area (Å²) in [6, 6.07) is 1.49. The highest BCUT2D eigenvalue weighted by Gasteiger charge is 2.42. The molecule has 0 aliphatic carbocycles. The van der Waals surface area contributed by atoms with Crippen molar-refractivity contribution in [2.75, 3.05) is 26.3 Å². The fourth-order valence-electron chi connectivity index (χ4n) is 2.64. The van der Waals surface area contributed by atoms with Gasteiger partial charge in [-0.25, -0.2) is 4.98 Å². The molecule has 1 amide bonds. The summed E-state index contributed by atoms with van der Waals surface area (Å²) in [5, 5.41) is 0.546. The number of nitrogens with zero attached hydrogens (tertiary/aromatic N) is 2. The molecule has 0 atom stereocenters. The zero-order valence-corrected chi connectivity index (χ0v) is 12.3. The van der Waals surface area contributed by atoms with Crippen molar-refractivity contribution in [3.8, 4) is 0 Å². The summed E-state index contributed by atoms with van der Waals surface area (Å²) < 4.78 is 11.3. The van der Waals surface area contributed by atoms with Crippen LogP contribution in [0.15, 0.2) is 12.3 Å². The normalized spacial score (nSPS) is 21.4. The van der Waals surface area contributed by atoms with Crippen molar-refractivity contribution in [2.24, 2.45) is 0 Å². The predicted octanol–water partition coefficient (Wildman–Crippen LogP) is 2.37. The molecule has 7 heteroatoms. The fraction of sp³-hybridized carbons (Fsp3) is 0.538. The molecule has 2 aliphatic rings. The van der Waals surface area contributed by atoms with Gasteiger partial charge in [-0.2, -0.15) is 0 Å². The molecule has 0 radical (unpaired) electrons. The van der Waals surface area contributed by atoms with Gasteiger partial charge < -0.3 is 14.4 Å². The van der Waals surface area contributed by atoms with Gasteiger partial charge in [-0.3, -0.25) is 4.79 Å². The van der Waals surface area contributed by atoms with E-state index in [-0.39, 0.29) is 11.1 Å². The summed E-state index contributed by atoms with van der Waals surface area (Å²) in [7, 11) is 0. The van der Waals surface area contributed by atoms with Gasteiger partial charge in [0.25, 0.3) is 5.91 Å².